The lowest BCUT2D eigenvalue weighted by Crippen LogP contribution is -2.50. The highest BCUT2D eigenvalue weighted by atomic mass is 16.2. The van der Waals surface area contributed by atoms with Crippen LogP contribution in [0.2, 0.25) is 0 Å². The van der Waals surface area contributed by atoms with Gasteiger partial charge < -0.3 is 5.32 Å². The Morgan fingerprint density at radius 3 is 2.26 bits per heavy atom. The first-order chi connectivity index (χ1) is 16.4. The van der Waals surface area contributed by atoms with E-state index >= 15 is 0 Å². The molecule has 0 bridgehead atoms. The molecule has 3 aromatic rings. The average molecular weight is 454 g/mol. The Kier molecular flexibility index (Phi) is 6.92. The molecule has 1 heterocycles. The fraction of sp³-hybridized carbons (Fsp3) is 0.276. The summed E-state index contributed by atoms with van der Waals surface area (Å²) in [6.07, 6.45) is 0.476. The van der Waals surface area contributed by atoms with Crippen molar-refractivity contribution in [1.29, 1.82) is 0 Å². The van der Waals surface area contributed by atoms with Gasteiger partial charge in [-0.1, -0.05) is 81.4 Å². The van der Waals surface area contributed by atoms with Gasteiger partial charge in [0, 0.05) is 16.8 Å². The molecular weight excluding hydrogens is 422 g/mol. The fourth-order valence-electron chi connectivity index (χ4n) is 4.33. The Balaban J connectivity index is 1.71. The Morgan fingerprint density at radius 2 is 1.62 bits per heavy atom. The van der Waals surface area contributed by atoms with Crippen LogP contribution in [0.1, 0.15) is 56.7 Å². The Bertz CT molecular complexity index is 1200. The summed E-state index contributed by atoms with van der Waals surface area (Å²) in [5.41, 5.74) is 5.19. The van der Waals surface area contributed by atoms with E-state index in [9.17, 15) is 9.59 Å². The molecular formula is C29H31N3O2. The molecule has 174 valence electrons. The Morgan fingerprint density at radius 1 is 0.971 bits per heavy atom. The van der Waals surface area contributed by atoms with Crippen molar-refractivity contribution in [2.45, 2.75) is 52.1 Å². The number of nitrogens with one attached hydrogen (secondary N) is 1. The molecule has 1 N–H and O–H groups in total. The summed E-state index contributed by atoms with van der Waals surface area (Å²) in [5, 5.41) is 3.02. The molecule has 1 aliphatic rings. The van der Waals surface area contributed by atoms with E-state index in [-0.39, 0.29) is 11.8 Å². The number of benzene rings is 3. The number of benzodiazepines with no additional fused rings is 1. The summed E-state index contributed by atoms with van der Waals surface area (Å²) in [6.45, 7) is 7.99. The molecule has 0 saturated heterocycles. The molecule has 1 aliphatic heterocycles. The van der Waals surface area contributed by atoms with E-state index in [1.165, 1.54) is 5.56 Å². The summed E-state index contributed by atoms with van der Waals surface area (Å²) in [6, 6.07) is 24.2. The van der Waals surface area contributed by atoms with Gasteiger partial charge in [0.1, 0.15) is 12.1 Å². The van der Waals surface area contributed by atoms with Gasteiger partial charge in [0.2, 0.25) is 5.91 Å². The van der Waals surface area contributed by atoms with Crippen LogP contribution < -0.4 is 10.2 Å². The summed E-state index contributed by atoms with van der Waals surface area (Å²) >= 11 is 0. The van der Waals surface area contributed by atoms with E-state index in [2.05, 4.69) is 19.2 Å². The van der Waals surface area contributed by atoms with Gasteiger partial charge in [-0.3, -0.25) is 19.5 Å². The number of aliphatic imine (C=N–C) groups is 1. The highest BCUT2D eigenvalue weighted by Crippen LogP contribution is 2.31. The van der Waals surface area contributed by atoms with Crippen molar-refractivity contribution in [2.24, 2.45) is 4.99 Å². The quantitative estimate of drug-likeness (QED) is 0.513. The molecule has 0 aromatic heterocycles. The molecule has 0 spiro atoms. The fourth-order valence-corrected chi connectivity index (χ4v) is 4.33. The molecule has 0 radical (unpaired) electrons. The Hall–Kier alpha value is -3.73. The van der Waals surface area contributed by atoms with E-state index in [1.807, 2.05) is 85.8 Å². The van der Waals surface area contributed by atoms with Crippen LogP contribution in [0, 0.1) is 0 Å². The molecule has 2 atom stereocenters. The lowest BCUT2D eigenvalue weighted by atomic mass is 9.99. The van der Waals surface area contributed by atoms with Crippen LogP contribution in [-0.2, 0) is 9.59 Å². The molecule has 3 aromatic carbocycles. The second-order valence-corrected chi connectivity index (χ2v) is 8.94. The number of hydrogen-bond acceptors (Lipinski definition) is 3. The summed E-state index contributed by atoms with van der Waals surface area (Å²) in [4.78, 5) is 33.5. The number of para-hydroxylation sites is 1. The van der Waals surface area contributed by atoms with Gasteiger partial charge in [0.05, 0.1) is 11.4 Å². The third-order valence-electron chi connectivity index (χ3n) is 6.23. The van der Waals surface area contributed by atoms with Crippen molar-refractivity contribution >= 4 is 28.9 Å². The highest BCUT2D eigenvalue weighted by Gasteiger charge is 2.36. The number of anilines is 2. The summed E-state index contributed by atoms with van der Waals surface area (Å²) in [7, 11) is 0. The standard InChI is InChI=1S/C29H31N3O2/c1-5-25(28(33)31-23-17-15-21(16-18-23)19(2)3)32-26-14-10-9-13-24(26)27(30-20(4)29(32)34)22-11-7-6-8-12-22/h6-20,25H,5H2,1-4H3,(H,31,33)/t20-,25-/m1/s1. The first-order valence-corrected chi connectivity index (χ1v) is 11.9. The summed E-state index contributed by atoms with van der Waals surface area (Å²) < 4.78 is 0. The van der Waals surface area contributed by atoms with Gasteiger partial charge in [-0.25, -0.2) is 0 Å². The molecule has 0 aliphatic carbocycles. The maximum absolute atomic E-state index is 13.6. The number of fused-ring (bicyclic) bond motifs is 1. The molecule has 5 nitrogen and oxygen atoms in total. The number of nitrogens with zero attached hydrogens (tertiary/aromatic N) is 2. The van der Waals surface area contributed by atoms with Crippen LogP contribution in [0.15, 0.2) is 83.9 Å². The van der Waals surface area contributed by atoms with Crippen molar-refractivity contribution in [1.82, 2.24) is 0 Å². The lowest BCUT2D eigenvalue weighted by Gasteiger charge is -2.31. The smallest absolute Gasteiger partial charge is 0.252 e. The van der Waals surface area contributed by atoms with E-state index in [0.29, 0.717) is 18.0 Å². The zero-order valence-corrected chi connectivity index (χ0v) is 20.2. The first kappa shape index (κ1) is 23.4. The number of carbonyl (C=O) groups is 2. The SMILES string of the molecule is CC[C@H](C(=O)Nc1ccc(C(C)C)cc1)N1C(=O)[C@@H](C)N=C(c2ccccc2)c2ccccc21. The maximum atomic E-state index is 13.6. The number of carbonyl (C=O) groups excluding carboxylic acids is 2. The normalized spacial score (nSPS) is 16.5. The van der Waals surface area contributed by atoms with Gasteiger partial charge in [0.25, 0.3) is 5.91 Å². The van der Waals surface area contributed by atoms with Crippen molar-refractivity contribution < 1.29 is 9.59 Å². The Labute approximate surface area is 201 Å². The molecule has 2 amide bonds. The topological polar surface area (TPSA) is 61.8 Å². The second-order valence-electron chi connectivity index (χ2n) is 8.94. The third-order valence-corrected chi connectivity index (χ3v) is 6.23. The second kappa shape index (κ2) is 10.0. The van der Waals surface area contributed by atoms with E-state index in [1.54, 1.807) is 11.8 Å². The number of hydrogen-bond donors (Lipinski definition) is 1. The van der Waals surface area contributed by atoms with Crippen molar-refractivity contribution in [3.8, 4) is 0 Å². The van der Waals surface area contributed by atoms with Gasteiger partial charge in [-0.05, 0) is 43.0 Å². The van der Waals surface area contributed by atoms with E-state index < -0.39 is 12.1 Å². The van der Waals surface area contributed by atoms with Crippen LogP contribution in [0.25, 0.3) is 0 Å². The van der Waals surface area contributed by atoms with Gasteiger partial charge in [-0.15, -0.1) is 0 Å². The number of amides is 2. The highest BCUT2D eigenvalue weighted by molar-refractivity contribution is 6.21. The molecule has 4 rings (SSSR count). The third kappa shape index (κ3) is 4.65. The minimum absolute atomic E-state index is 0.185. The molecule has 0 fully saturated rings. The molecule has 0 saturated carbocycles. The number of rotatable bonds is 6. The average Bonchev–Trinajstić information content (AvgIpc) is 2.96. The van der Waals surface area contributed by atoms with Crippen LogP contribution in [0.4, 0.5) is 11.4 Å². The zero-order chi connectivity index (χ0) is 24.2. The van der Waals surface area contributed by atoms with Crippen LogP contribution >= 0.6 is 0 Å². The molecule has 0 unspecified atom stereocenters. The van der Waals surface area contributed by atoms with Crippen LogP contribution in [0.3, 0.4) is 0 Å². The minimum atomic E-state index is -0.661. The van der Waals surface area contributed by atoms with Crippen molar-refractivity contribution in [3.63, 3.8) is 0 Å². The monoisotopic (exact) mass is 453 g/mol. The van der Waals surface area contributed by atoms with Gasteiger partial charge in [0.15, 0.2) is 0 Å². The first-order valence-electron chi connectivity index (χ1n) is 11.9. The van der Waals surface area contributed by atoms with Crippen molar-refractivity contribution in [2.75, 3.05) is 10.2 Å². The zero-order valence-electron chi connectivity index (χ0n) is 20.2. The van der Waals surface area contributed by atoms with E-state index in [4.69, 9.17) is 4.99 Å². The maximum Gasteiger partial charge on any atom is 0.252 e. The summed E-state index contributed by atoms with van der Waals surface area (Å²) in [5.74, 6) is 0.0218. The van der Waals surface area contributed by atoms with Crippen LogP contribution in [-0.4, -0.2) is 29.6 Å². The predicted molar refractivity (Wildman–Crippen MR) is 139 cm³/mol. The van der Waals surface area contributed by atoms with Gasteiger partial charge >= 0.3 is 0 Å². The molecule has 5 heteroatoms. The van der Waals surface area contributed by atoms with E-state index in [0.717, 1.165) is 22.5 Å². The predicted octanol–water partition coefficient (Wildman–Crippen LogP) is 5.80. The van der Waals surface area contributed by atoms with Crippen molar-refractivity contribution in [3.05, 3.63) is 95.6 Å². The van der Waals surface area contributed by atoms with Gasteiger partial charge in [-0.2, -0.15) is 0 Å². The van der Waals surface area contributed by atoms with Crippen LogP contribution in [0.5, 0.6) is 0 Å². The molecule has 34 heavy (non-hydrogen) atoms. The lowest BCUT2D eigenvalue weighted by molar-refractivity contribution is -0.124. The largest absolute Gasteiger partial charge is 0.324 e. The minimum Gasteiger partial charge on any atom is -0.324 e.